The molecular weight excluding hydrogens is 218 g/mol. The Hall–Kier alpha value is -0.550. The van der Waals surface area contributed by atoms with E-state index in [1.165, 1.54) is 11.8 Å². The molecule has 0 N–H and O–H groups in total. The van der Waals surface area contributed by atoms with E-state index in [0.717, 1.165) is 16.5 Å². The summed E-state index contributed by atoms with van der Waals surface area (Å²) in [4.78, 5) is 15.6. The molecule has 0 saturated carbocycles. The van der Waals surface area contributed by atoms with Gasteiger partial charge in [0.2, 0.25) is 0 Å². The smallest absolute Gasteiger partial charge is 0.319 e. The lowest BCUT2D eigenvalue weighted by atomic mass is 10.3. The number of thioether (sulfide) groups is 1. The summed E-state index contributed by atoms with van der Waals surface area (Å²) in [6.45, 7) is 3.88. The summed E-state index contributed by atoms with van der Waals surface area (Å²) in [6, 6.07) is 0. The molecule has 0 aromatic carbocycles. The molecule has 1 fully saturated rings. The summed E-state index contributed by atoms with van der Waals surface area (Å²) >= 11 is 3.10. The highest BCUT2D eigenvalue weighted by atomic mass is 32.2. The van der Waals surface area contributed by atoms with Crippen molar-refractivity contribution >= 4 is 29.1 Å². The first-order valence-electron chi connectivity index (χ1n) is 4.44. The van der Waals surface area contributed by atoms with Gasteiger partial charge in [0.05, 0.1) is 0 Å². The van der Waals surface area contributed by atoms with Crippen molar-refractivity contribution < 1.29 is 9.53 Å². The lowest BCUT2D eigenvalue weighted by Gasteiger charge is -2.00. The van der Waals surface area contributed by atoms with Crippen LogP contribution in [-0.4, -0.2) is 22.3 Å². The van der Waals surface area contributed by atoms with Crippen LogP contribution in [-0.2, 0) is 9.53 Å². The van der Waals surface area contributed by atoms with Crippen LogP contribution in [0, 0.1) is 6.92 Å². The van der Waals surface area contributed by atoms with Crippen LogP contribution in [0.25, 0.3) is 0 Å². The van der Waals surface area contributed by atoms with E-state index in [1.54, 1.807) is 11.3 Å². The normalized spacial score (nSPS) is 26.6. The number of hydrogen-bond acceptors (Lipinski definition) is 5. The molecule has 1 aromatic rings. The topological polar surface area (TPSA) is 39.2 Å². The fourth-order valence-electron chi connectivity index (χ4n) is 1.32. The third-order valence-corrected chi connectivity index (χ3v) is 4.26. The van der Waals surface area contributed by atoms with Crippen LogP contribution < -0.4 is 0 Å². The van der Waals surface area contributed by atoms with E-state index >= 15 is 0 Å². The lowest BCUT2D eigenvalue weighted by Crippen LogP contribution is -2.08. The Morgan fingerprint density at radius 2 is 2.50 bits per heavy atom. The maximum absolute atomic E-state index is 11.3. The Labute approximate surface area is 90.9 Å². The van der Waals surface area contributed by atoms with E-state index in [1.807, 2.05) is 19.2 Å². The molecule has 0 unspecified atom stereocenters. The van der Waals surface area contributed by atoms with Crippen molar-refractivity contribution in [2.75, 3.05) is 0 Å². The van der Waals surface area contributed by atoms with Crippen molar-refractivity contribution in [3.05, 3.63) is 11.1 Å². The number of carbonyl (C=O) groups excluding carboxylic acids is 1. The predicted molar refractivity (Wildman–Crippen MR) is 56.7 cm³/mol. The van der Waals surface area contributed by atoms with E-state index in [-0.39, 0.29) is 17.3 Å². The molecule has 1 saturated heterocycles. The molecule has 0 aliphatic carbocycles. The molecular formula is C9H11NO2S2. The van der Waals surface area contributed by atoms with Gasteiger partial charge in [-0.15, -0.1) is 11.3 Å². The van der Waals surface area contributed by atoms with Crippen molar-refractivity contribution in [2.45, 2.75) is 36.0 Å². The fraction of sp³-hybridized carbons (Fsp3) is 0.556. The second-order valence-electron chi connectivity index (χ2n) is 3.34. The first-order chi connectivity index (χ1) is 6.65. The van der Waals surface area contributed by atoms with Crippen molar-refractivity contribution in [2.24, 2.45) is 0 Å². The predicted octanol–water partition coefficient (Wildman–Crippen LogP) is 2.25. The lowest BCUT2D eigenvalue weighted by molar-refractivity contribution is -0.140. The Kier molecular flexibility index (Phi) is 2.78. The summed E-state index contributed by atoms with van der Waals surface area (Å²) in [6.07, 6.45) is 0.850. The highest BCUT2D eigenvalue weighted by molar-refractivity contribution is 8.02. The number of carbonyl (C=O) groups is 1. The van der Waals surface area contributed by atoms with Crippen LogP contribution in [0.15, 0.2) is 9.72 Å². The highest BCUT2D eigenvalue weighted by Crippen LogP contribution is 2.33. The number of thiazole rings is 1. The third-order valence-electron chi connectivity index (χ3n) is 1.97. The minimum Gasteiger partial charge on any atom is -0.462 e. The van der Waals surface area contributed by atoms with Gasteiger partial charge in [0.1, 0.15) is 11.4 Å². The van der Waals surface area contributed by atoms with Gasteiger partial charge in [-0.25, -0.2) is 4.98 Å². The van der Waals surface area contributed by atoms with E-state index in [9.17, 15) is 4.79 Å². The van der Waals surface area contributed by atoms with E-state index < -0.39 is 0 Å². The van der Waals surface area contributed by atoms with Crippen LogP contribution in [0.3, 0.4) is 0 Å². The van der Waals surface area contributed by atoms with Gasteiger partial charge in [-0.3, -0.25) is 4.79 Å². The van der Waals surface area contributed by atoms with E-state index in [4.69, 9.17) is 4.74 Å². The van der Waals surface area contributed by atoms with E-state index in [0.29, 0.717) is 0 Å². The number of aromatic nitrogens is 1. The Morgan fingerprint density at radius 1 is 1.71 bits per heavy atom. The quantitative estimate of drug-likeness (QED) is 0.729. The molecule has 0 radical (unpaired) electrons. The number of aryl methyl sites for hydroxylation is 1. The second-order valence-corrected chi connectivity index (χ2v) is 5.65. The van der Waals surface area contributed by atoms with Crippen molar-refractivity contribution in [3.8, 4) is 0 Å². The zero-order valence-corrected chi connectivity index (χ0v) is 9.65. The maximum Gasteiger partial charge on any atom is 0.319 e. The Balaban J connectivity index is 2.01. The zero-order chi connectivity index (χ0) is 10.1. The average molecular weight is 229 g/mol. The van der Waals surface area contributed by atoms with Gasteiger partial charge in [-0.2, -0.15) is 0 Å². The number of nitrogens with zero attached hydrogens (tertiary/aromatic N) is 1. The number of hydrogen-bond donors (Lipinski definition) is 0. The molecule has 2 rings (SSSR count). The summed E-state index contributed by atoms with van der Waals surface area (Å²) in [5.74, 6) is -0.102. The van der Waals surface area contributed by atoms with Crippen LogP contribution in [0.2, 0.25) is 0 Å². The standard InChI is InChI=1S/C9H11NO2S2/c1-5-4-13-9(10-5)14-7-3-6(2)12-8(7)11/h4,6-7H,3H2,1-2H3/t6-,7+/m0/s1. The van der Waals surface area contributed by atoms with Crippen molar-refractivity contribution in [3.63, 3.8) is 0 Å². The average Bonchev–Trinajstić information content (AvgIpc) is 2.61. The maximum atomic E-state index is 11.3. The van der Waals surface area contributed by atoms with Gasteiger partial charge in [0.25, 0.3) is 0 Å². The van der Waals surface area contributed by atoms with Crippen LogP contribution in [0.5, 0.6) is 0 Å². The summed E-state index contributed by atoms with van der Waals surface area (Å²) in [5.41, 5.74) is 1.01. The van der Waals surface area contributed by atoms with E-state index in [2.05, 4.69) is 4.98 Å². The molecule has 0 spiro atoms. The third kappa shape index (κ3) is 2.09. The molecule has 76 valence electrons. The van der Waals surface area contributed by atoms with Gasteiger partial charge < -0.3 is 4.74 Å². The van der Waals surface area contributed by atoms with Crippen molar-refractivity contribution in [1.82, 2.24) is 4.98 Å². The molecule has 1 aliphatic rings. The van der Waals surface area contributed by atoms with Crippen molar-refractivity contribution in [1.29, 1.82) is 0 Å². The molecule has 14 heavy (non-hydrogen) atoms. The number of esters is 1. The highest BCUT2D eigenvalue weighted by Gasteiger charge is 2.33. The molecule has 0 bridgehead atoms. The zero-order valence-electron chi connectivity index (χ0n) is 8.02. The summed E-state index contributed by atoms with van der Waals surface area (Å²) in [5, 5.41) is 1.93. The first-order valence-corrected chi connectivity index (χ1v) is 6.20. The molecule has 2 atom stereocenters. The SMILES string of the molecule is Cc1csc(S[C@@H]2C[C@H](C)OC2=O)n1. The Morgan fingerprint density at radius 3 is 3.00 bits per heavy atom. The van der Waals surface area contributed by atoms with Gasteiger partial charge in [-0.1, -0.05) is 11.8 Å². The minimum absolute atomic E-state index is 0.0565. The van der Waals surface area contributed by atoms with Crippen LogP contribution >= 0.6 is 23.1 Å². The largest absolute Gasteiger partial charge is 0.462 e. The fourth-order valence-corrected chi connectivity index (χ4v) is 3.52. The first kappa shape index (κ1) is 9.98. The molecule has 0 amide bonds. The molecule has 1 aromatic heterocycles. The molecule has 3 nitrogen and oxygen atoms in total. The number of rotatable bonds is 2. The summed E-state index contributed by atoms with van der Waals surface area (Å²) < 4.78 is 6.03. The summed E-state index contributed by atoms with van der Waals surface area (Å²) in [7, 11) is 0. The van der Waals surface area contributed by atoms with Gasteiger partial charge in [0.15, 0.2) is 4.34 Å². The molecule has 1 aliphatic heterocycles. The number of cyclic esters (lactones) is 1. The Bertz CT molecular complexity index is 350. The van der Waals surface area contributed by atoms with Gasteiger partial charge in [-0.05, 0) is 13.8 Å². The van der Waals surface area contributed by atoms with Crippen LogP contribution in [0.1, 0.15) is 19.0 Å². The molecule has 5 heteroatoms. The monoisotopic (exact) mass is 229 g/mol. The second kappa shape index (κ2) is 3.90. The number of ether oxygens (including phenoxy) is 1. The van der Waals surface area contributed by atoms with Gasteiger partial charge in [0, 0.05) is 17.5 Å². The minimum atomic E-state index is -0.102. The van der Waals surface area contributed by atoms with Gasteiger partial charge >= 0.3 is 5.97 Å². The molecule has 2 heterocycles. The van der Waals surface area contributed by atoms with Crippen LogP contribution in [0.4, 0.5) is 0 Å².